The van der Waals surface area contributed by atoms with E-state index in [0.717, 1.165) is 16.7 Å². The van der Waals surface area contributed by atoms with Crippen molar-refractivity contribution < 1.29 is 18.7 Å². The van der Waals surface area contributed by atoms with Crippen molar-refractivity contribution in [3.05, 3.63) is 82.0 Å². The summed E-state index contributed by atoms with van der Waals surface area (Å²) in [4.78, 5) is 42.5. The van der Waals surface area contributed by atoms with E-state index in [-0.39, 0.29) is 18.5 Å². The second-order valence-electron chi connectivity index (χ2n) is 7.94. The van der Waals surface area contributed by atoms with Crippen LogP contribution in [0.4, 0.5) is 4.39 Å². The first-order valence-corrected chi connectivity index (χ1v) is 11.7. The molecule has 0 saturated heterocycles. The van der Waals surface area contributed by atoms with Gasteiger partial charge in [0.2, 0.25) is 5.91 Å². The van der Waals surface area contributed by atoms with Crippen LogP contribution < -0.4 is 21.1 Å². The maximum atomic E-state index is 13.1. The predicted molar refractivity (Wildman–Crippen MR) is 131 cm³/mol. The van der Waals surface area contributed by atoms with Crippen LogP contribution in [0.25, 0.3) is 21.3 Å². The van der Waals surface area contributed by atoms with Crippen LogP contribution in [0.3, 0.4) is 0 Å². The number of amides is 2. The highest BCUT2D eigenvalue weighted by atomic mass is 32.1. The van der Waals surface area contributed by atoms with Crippen molar-refractivity contribution in [2.75, 3.05) is 0 Å². The molecule has 0 bridgehead atoms. The van der Waals surface area contributed by atoms with Gasteiger partial charge in [-0.15, -0.1) is 11.3 Å². The molecule has 8 nitrogen and oxygen atoms in total. The third-order valence-electron chi connectivity index (χ3n) is 5.32. The molecule has 0 saturated carbocycles. The molecule has 0 fully saturated rings. The van der Waals surface area contributed by atoms with Crippen LogP contribution in [0.5, 0.6) is 5.75 Å². The van der Waals surface area contributed by atoms with E-state index in [1.807, 2.05) is 36.6 Å². The van der Waals surface area contributed by atoms with Gasteiger partial charge in [0.25, 0.3) is 11.5 Å². The third kappa shape index (κ3) is 5.72. The molecule has 2 aromatic carbocycles. The highest BCUT2D eigenvalue weighted by Crippen LogP contribution is 2.30. The predicted octanol–water partition coefficient (Wildman–Crippen LogP) is 3.58. The summed E-state index contributed by atoms with van der Waals surface area (Å²) >= 11 is 1.39. The zero-order valence-electron chi connectivity index (χ0n) is 19.1. The van der Waals surface area contributed by atoms with Crippen molar-refractivity contribution in [3.63, 3.8) is 0 Å². The summed E-state index contributed by atoms with van der Waals surface area (Å²) in [6.07, 6.45) is 0.448. The maximum Gasteiger partial charge on any atom is 0.279 e. The second-order valence-corrected chi connectivity index (χ2v) is 8.80. The minimum Gasteiger partial charge on any atom is -0.481 e. The molecule has 180 valence electrons. The van der Waals surface area contributed by atoms with Crippen LogP contribution in [0.2, 0.25) is 0 Å². The number of thiophene rings is 1. The van der Waals surface area contributed by atoms with E-state index in [9.17, 15) is 18.8 Å². The number of fused-ring (bicyclic) bond motifs is 1. The van der Waals surface area contributed by atoms with Crippen LogP contribution in [-0.2, 0) is 16.1 Å². The number of carbonyl (C=O) groups excluding carboxylic acids is 2. The number of halogens is 1. The highest BCUT2D eigenvalue weighted by molar-refractivity contribution is 7.17. The van der Waals surface area contributed by atoms with Gasteiger partial charge in [-0.2, -0.15) is 0 Å². The lowest BCUT2D eigenvalue weighted by atomic mass is 10.1. The van der Waals surface area contributed by atoms with E-state index in [1.165, 1.54) is 53.4 Å². The first kappa shape index (κ1) is 24.1. The smallest absolute Gasteiger partial charge is 0.279 e. The Morgan fingerprint density at radius 3 is 2.54 bits per heavy atom. The number of rotatable bonds is 7. The summed E-state index contributed by atoms with van der Waals surface area (Å²) in [5, 5.41) is 2.42. The van der Waals surface area contributed by atoms with Gasteiger partial charge in [-0.1, -0.05) is 29.8 Å². The van der Waals surface area contributed by atoms with Crippen molar-refractivity contribution in [2.45, 2.75) is 32.9 Å². The van der Waals surface area contributed by atoms with Gasteiger partial charge in [0, 0.05) is 23.9 Å². The molecule has 1 unspecified atom stereocenters. The maximum absolute atomic E-state index is 13.1. The number of hydrazine groups is 1. The molecule has 2 aromatic heterocycles. The quantitative estimate of drug-likeness (QED) is 0.383. The largest absolute Gasteiger partial charge is 0.481 e. The zero-order chi connectivity index (χ0) is 24.9. The first-order valence-electron chi connectivity index (χ1n) is 10.9. The fourth-order valence-electron chi connectivity index (χ4n) is 3.36. The van der Waals surface area contributed by atoms with Crippen LogP contribution in [-0.4, -0.2) is 27.5 Å². The van der Waals surface area contributed by atoms with Crippen molar-refractivity contribution in [1.29, 1.82) is 0 Å². The van der Waals surface area contributed by atoms with E-state index in [1.54, 1.807) is 0 Å². The van der Waals surface area contributed by atoms with E-state index in [2.05, 4.69) is 15.8 Å². The van der Waals surface area contributed by atoms with E-state index < -0.39 is 23.7 Å². The van der Waals surface area contributed by atoms with Crippen molar-refractivity contribution in [2.24, 2.45) is 0 Å². The molecule has 4 rings (SSSR count). The number of nitrogens with zero attached hydrogens (tertiary/aromatic N) is 2. The van der Waals surface area contributed by atoms with Gasteiger partial charge >= 0.3 is 0 Å². The Hall–Kier alpha value is -4.05. The number of aryl methyl sites for hydroxylation is 2. The molecule has 10 heteroatoms. The average Bonchev–Trinajstić information content (AvgIpc) is 3.29. The van der Waals surface area contributed by atoms with Crippen molar-refractivity contribution in [1.82, 2.24) is 20.4 Å². The lowest BCUT2D eigenvalue weighted by molar-refractivity contribution is -0.132. The van der Waals surface area contributed by atoms with Crippen LogP contribution in [0.15, 0.2) is 65.0 Å². The number of carbonyl (C=O) groups is 2. The fourth-order valence-corrected chi connectivity index (χ4v) is 4.27. The van der Waals surface area contributed by atoms with Crippen LogP contribution in [0, 0.1) is 12.7 Å². The second kappa shape index (κ2) is 10.5. The molecular formula is C25H23FN4O4S. The molecule has 0 spiro atoms. The fraction of sp³-hybridized carbons (Fsp3) is 0.200. The Morgan fingerprint density at radius 1 is 1.11 bits per heavy atom. The molecule has 2 heterocycles. The Bertz CT molecular complexity index is 1410. The van der Waals surface area contributed by atoms with Gasteiger partial charge in [-0.25, -0.2) is 9.37 Å². The number of ether oxygens (including phenoxy) is 1. The summed E-state index contributed by atoms with van der Waals surface area (Å²) in [7, 11) is 0. The Kier molecular flexibility index (Phi) is 7.21. The minimum atomic E-state index is -0.922. The van der Waals surface area contributed by atoms with Gasteiger partial charge in [0.05, 0.1) is 11.7 Å². The topological polar surface area (TPSA) is 102 Å². The van der Waals surface area contributed by atoms with E-state index in [0.29, 0.717) is 16.0 Å². The lowest BCUT2D eigenvalue weighted by Gasteiger charge is -2.15. The number of benzene rings is 2. The highest BCUT2D eigenvalue weighted by Gasteiger charge is 2.17. The standard InChI is InChI=1S/C25H23FN4O4S/c1-15-3-5-17(6-4-15)20-13-35-24-22(20)25(33)30(14-27-24)12-11-21(31)28-29-23(32)16(2)34-19-9-7-18(26)8-10-19/h3-10,13-14,16H,11-12H2,1-2H3,(H,28,31)(H,29,32). The molecule has 2 amide bonds. The number of hydrogen-bond donors (Lipinski definition) is 2. The summed E-state index contributed by atoms with van der Waals surface area (Å²) in [6.45, 7) is 3.59. The summed E-state index contributed by atoms with van der Waals surface area (Å²) in [5.41, 5.74) is 7.22. The molecule has 0 radical (unpaired) electrons. The molecule has 1 atom stereocenters. The van der Waals surface area contributed by atoms with Gasteiger partial charge in [0.15, 0.2) is 6.10 Å². The van der Waals surface area contributed by atoms with Gasteiger partial charge < -0.3 is 4.74 Å². The first-order chi connectivity index (χ1) is 16.8. The third-order valence-corrected chi connectivity index (χ3v) is 6.21. The van der Waals surface area contributed by atoms with E-state index >= 15 is 0 Å². The molecule has 0 aliphatic heterocycles. The summed E-state index contributed by atoms with van der Waals surface area (Å²) < 4.78 is 19.8. The zero-order valence-corrected chi connectivity index (χ0v) is 19.9. The number of nitrogens with one attached hydrogen (secondary N) is 2. The van der Waals surface area contributed by atoms with Gasteiger partial charge in [-0.05, 0) is 43.7 Å². The van der Waals surface area contributed by atoms with Gasteiger partial charge in [-0.3, -0.25) is 29.8 Å². The summed E-state index contributed by atoms with van der Waals surface area (Å²) in [6, 6.07) is 13.1. The van der Waals surface area contributed by atoms with Crippen LogP contribution >= 0.6 is 11.3 Å². The molecule has 0 aliphatic rings. The van der Waals surface area contributed by atoms with E-state index in [4.69, 9.17) is 4.74 Å². The Balaban J connectivity index is 1.35. The molecule has 35 heavy (non-hydrogen) atoms. The number of aromatic nitrogens is 2. The Morgan fingerprint density at radius 2 is 1.83 bits per heavy atom. The number of hydrogen-bond acceptors (Lipinski definition) is 6. The molecular weight excluding hydrogens is 471 g/mol. The summed E-state index contributed by atoms with van der Waals surface area (Å²) in [5.74, 6) is -1.16. The molecule has 4 aromatic rings. The van der Waals surface area contributed by atoms with Crippen LogP contribution in [0.1, 0.15) is 18.9 Å². The normalized spacial score (nSPS) is 11.7. The van der Waals surface area contributed by atoms with Crippen molar-refractivity contribution >= 4 is 33.4 Å². The molecule has 2 N–H and O–H groups in total. The van der Waals surface area contributed by atoms with Gasteiger partial charge in [0.1, 0.15) is 16.4 Å². The average molecular weight is 495 g/mol. The van der Waals surface area contributed by atoms with Crippen molar-refractivity contribution in [3.8, 4) is 16.9 Å². The monoisotopic (exact) mass is 494 g/mol. The molecule has 0 aliphatic carbocycles. The Labute approximate surface area is 204 Å². The lowest BCUT2D eigenvalue weighted by Crippen LogP contribution is -2.47. The minimum absolute atomic E-state index is 0.0510. The SMILES string of the molecule is Cc1ccc(-c2csc3ncn(CCC(=O)NNC(=O)C(C)Oc4ccc(F)cc4)c(=O)c23)cc1.